The van der Waals surface area contributed by atoms with Gasteiger partial charge in [-0.2, -0.15) is 13.2 Å². The number of aryl methyl sites for hydroxylation is 1. The predicted octanol–water partition coefficient (Wildman–Crippen LogP) is 3.65. The van der Waals surface area contributed by atoms with Gasteiger partial charge in [-0.15, -0.1) is 0 Å². The Morgan fingerprint density at radius 1 is 1.33 bits per heavy atom. The summed E-state index contributed by atoms with van der Waals surface area (Å²) in [5.41, 5.74) is 0.109. The van der Waals surface area contributed by atoms with E-state index < -0.39 is 23.9 Å². The molecule has 0 saturated heterocycles. The van der Waals surface area contributed by atoms with Crippen molar-refractivity contribution in [1.82, 2.24) is 5.32 Å². The zero-order chi connectivity index (χ0) is 14.1. The number of carboxylic acid groups (broad SMARTS) is 1. The molecule has 2 N–H and O–H groups in total. The monoisotopic (exact) mass is 261 g/mol. The summed E-state index contributed by atoms with van der Waals surface area (Å²) in [4.78, 5) is 10.5. The van der Waals surface area contributed by atoms with Crippen molar-refractivity contribution in [1.29, 1.82) is 0 Å². The Hall–Kier alpha value is -1.72. The molecular weight excluding hydrogens is 247 g/mol. The van der Waals surface area contributed by atoms with Crippen LogP contribution in [0.15, 0.2) is 12.1 Å². The largest absolute Gasteiger partial charge is 0.465 e. The van der Waals surface area contributed by atoms with Crippen molar-refractivity contribution in [3.63, 3.8) is 0 Å². The molecule has 6 heteroatoms. The first-order valence-corrected chi connectivity index (χ1v) is 5.30. The second-order valence-corrected chi connectivity index (χ2v) is 4.20. The molecule has 1 rings (SSSR count). The summed E-state index contributed by atoms with van der Waals surface area (Å²) < 4.78 is 38.4. The highest BCUT2D eigenvalue weighted by molar-refractivity contribution is 5.65. The van der Waals surface area contributed by atoms with Crippen molar-refractivity contribution in [2.45, 2.75) is 33.0 Å². The lowest BCUT2D eigenvalue weighted by atomic mass is 9.94. The Balaban J connectivity index is 3.29. The fourth-order valence-electron chi connectivity index (χ4n) is 1.89. The third kappa shape index (κ3) is 3.15. The Morgan fingerprint density at radius 3 is 2.33 bits per heavy atom. The molecule has 0 radical (unpaired) electrons. The number of hydrogen-bond acceptors (Lipinski definition) is 1. The van der Waals surface area contributed by atoms with Crippen LogP contribution in [0, 0.1) is 13.8 Å². The van der Waals surface area contributed by atoms with Crippen molar-refractivity contribution < 1.29 is 23.1 Å². The quantitative estimate of drug-likeness (QED) is 0.853. The highest BCUT2D eigenvalue weighted by Crippen LogP contribution is 2.35. The molecule has 1 aromatic carbocycles. The van der Waals surface area contributed by atoms with Gasteiger partial charge in [-0.1, -0.05) is 11.6 Å². The van der Waals surface area contributed by atoms with Crippen LogP contribution >= 0.6 is 0 Å². The number of nitrogens with one attached hydrogen (secondary N) is 1. The molecule has 0 aliphatic heterocycles. The number of hydrogen-bond donors (Lipinski definition) is 2. The van der Waals surface area contributed by atoms with Crippen molar-refractivity contribution in [3.05, 3.63) is 34.4 Å². The van der Waals surface area contributed by atoms with Gasteiger partial charge in [0.2, 0.25) is 0 Å². The lowest BCUT2D eigenvalue weighted by molar-refractivity contribution is -0.138. The van der Waals surface area contributed by atoms with Crippen molar-refractivity contribution in [3.8, 4) is 0 Å². The second kappa shape index (κ2) is 4.88. The molecule has 1 amide bonds. The summed E-state index contributed by atoms with van der Waals surface area (Å²) in [7, 11) is 0. The van der Waals surface area contributed by atoms with Crippen LogP contribution in [0.1, 0.15) is 35.2 Å². The highest BCUT2D eigenvalue weighted by atomic mass is 19.4. The summed E-state index contributed by atoms with van der Waals surface area (Å²) >= 11 is 0. The molecule has 0 aromatic heterocycles. The Bertz CT molecular complexity index is 469. The highest BCUT2D eigenvalue weighted by Gasteiger charge is 2.33. The molecule has 0 saturated carbocycles. The van der Waals surface area contributed by atoms with Crippen LogP contribution in [0.5, 0.6) is 0 Å². The summed E-state index contributed by atoms with van der Waals surface area (Å²) in [6.07, 6.45) is -5.70. The minimum atomic E-state index is -4.44. The first-order chi connectivity index (χ1) is 8.12. The molecule has 0 aliphatic carbocycles. The van der Waals surface area contributed by atoms with Gasteiger partial charge in [-0.25, -0.2) is 4.79 Å². The standard InChI is InChI=1S/C12H14F3NO2/c1-6-4-9(8(3)16-11(17)18)7(2)10(5-6)12(13,14)15/h4-5,8,16H,1-3H3,(H,17,18)/t8-/m1/s1. The fraction of sp³-hybridized carbons (Fsp3) is 0.417. The number of amides is 1. The number of carbonyl (C=O) groups is 1. The maximum absolute atomic E-state index is 12.8. The number of benzene rings is 1. The fourth-order valence-corrected chi connectivity index (χ4v) is 1.89. The van der Waals surface area contributed by atoms with Gasteiger partial charge in [0.1, 0.15) is 0 Å². The second-order valence-electron chi connectivity index (χ2n) is 4.20. The van der Waals surface area contributed by atoms with Gasteiger partial charge in [-0.05, 0) is 38.0 Å². The van der Waals surface area contributed by atoms with E-state index in [4.69, 9.17) is 5.11 Å². The van der Waals surface area contributed by atoms with Crippen molar-refractivity contribution >= 4 is 6.09 Å². The summed E-state index contributed by atoms with van der Waals surface area (Å²) in [5.74, 6) is 0. The average Bonchev–Trinajstić information content (AvgIpc) is 2.18. The van der Waals surface area contributed by atoms with Gasteiger partial charge in [0.25, 0.3) is 0 Å². The molecule has 0 fully saturated rings. The molecular formula is C12H14F3NO2. The van der Waals surface area contributed by atoms with E-state index >= 15 is 0 Å². The number of alkyl halides is 3. The lowest BCUT2D eigenvalue weighted by Crippen LogP contribution is -2.25. The van der Waals surface area contributed by atoms with E-state index in [-0.39, 0.29) is 5.56 Å². The van der Waals surface area contributed by atoms with Gasteiger partial charge in [-0.3, -0.25) is 0 Å². The maximum atomic E-state index is 12.8. The Morgan fingerprint density at radius 2 is 1.89 bits per heavy atom. The summed E-state index contributed by atoms with van der Waals surface area (Å²) in [6.45, 7) is 4.40. The summed E-state index contributed by atoms with van der Waals surface area (Å²) in [5, 5.41) is 10.8. The smallest absolute Gasteiger partial charge is 0.416 e. The molecule has 1 atom stereocenters. The Kier molecular flexibility index (Phi) is 3.88. The molecule has 0 unspecified atom stereocenters. The first-order valence-electron chi connectivity index (χ1n) is 5.30. The SMILES string of the molecule is Cc1cc([C@@H](C)NC(=O)O)c(C)c(C(F)(F)F)c1. The topological polar surface area (TPSA) is 49.3 Å². The first kappa shape index (κ1) is 14.3. The predicted molar refractivity (Wildman–Crippen MR) is 60.5 cm³/mol. The molecule has 0 spiro atoms. The molecule has 3 nitrogen and oxygen atoms in total. The molecule has 0 heterocycles. The van der Waals surface area contributed by atoms with E-state index in [1.54, 1.807) is 13.0 Å². The normalized spacial score (nSPS) is 13.2. The molecule has 18 heavy (non-hydrogen) atoms. The molecule has 0 aliphatic rings. The van der Waals surface area contributed by atoms with E-state index in [1.807, 2.05) is 0 Å². The van der Waals surface area contributed by atoms with Gasteiger partial charge >= 0.3 is 12.3 Å². The van der Waals surface area contributed by atoms with Gasteiger partial charge in [0.15, 0.2) is 0 Å². The maximum Gasteiger partial charge on any atom is 0.416 e. The third-order valence-corrected chi connectivity index (χ3v) is 2.70. The van der Waals surface area contributed by atoms with Crippen LogP contribution in [-0.2, 0) is 6.18 Å². The van der Waals surface area contributed by atoms with Crippen LogP contribution < -0.4 is 5.32 Å². The van der Waals surface area contributed by atoms with E-state index in [9.17, 15) is 18.0 Å². The third-order valence-electron chi connectivity index (χ3n) is 2.70. The summed E-state index contributed by atoms with van der Waals surface area (Å²) in [6, 6.07) is 1.93. The zero-order valence-corrected chi connectivity index (χ0v) is 10.2. The van der Waals surface area contributed by atoms with Crippen molar-refractivity contribution in [2.24, 2.45) is 0 Å². The van der Waals surface area contributed by atoms with Gasteiger partial charge in [0.05, 0.1) is 11.6 Å². The number of rotatable bonds is 2. The average molecular weight is 261 g/mol. The van der Waals surface area contributed by atoms with Crippen LogP contribution in [-0.4, -0.2) is 11.2 Å². The van der Waals surface area contributed by atoms with Gasteiger partial charge < -0.3 is 10.4 Å². The zero-order valence-electron chi connectivity index (χ0n) is 10.2. The van der Waals surface area contributed by atoms with Crippen LogP contribution in [0.25, 0.3) is 0 Å². The molecule has 1 aromatic rings. The Labute approximate surface area is 103 Å². The van der Waals surface area contributed by atoms with Crippen molar-refractivity contribution in [2.75, 3.05) is 0 Å². The lowest BCUT2D eigenvalue weighted by Gasteiger charge is -2.19. The molecule has 100 valence electrons. The molecule has 0 bridgehead atoms. The van der Waals surface area contributed by atoms with Crippen LogP contribution in [0.4, 0.5) is 18.0 Å². The van der Waals surface area contributed by atoms with E-state index in [1.165, 1.54) is 13.8 Å². The van der Waals surface area contributed by atoms with Crippen LogP contribution in [0.3, 0.4) is 0 Å². The van der Waals surface area contributed by atoms with Gasteiger partial charge in [0, 0.05) is 0 Å². The van der Waals surface area contributed by atoms with E-state index in [2.05, 4.69) is 5.32 Å². The van der Waals surface area contributed by atoms with E-state index in [0.717, 1.165) is 6.07 Å². The number of halogens is 3. The minimum absolute atomic E-state index is 0.0503. The van der Waals surface area contributed by atoms with Crippen LogP contribution in [0.2, 0.25) is 0 Å². The minimum Gasteiger partial charge on any atom is -0.465 e. The van der Waals surface area contributed by atoms with E-state index in [0.29, 0.717) is 11.1 Å².